The van der Waals surface area contributed by atoms with Crippen molar-refractivity contribution in [3.8, 4) is 0 Å². The lowest BCUT2D eigenvalue weighted by molar-refractivity contribution is -0.132. The summed E-state index contributed by atoms with van der Waals surface area (Å²) in [6.07, 6.45) is 3.98. The maximum Gasteiger partial charge on any atom is 0.220 e. The lowest BCUT2D eigenvalue weighted by Gasteiger charge is -2.27. The average molecular weight is 182 g/mol. The molecule has 0 bridgehead atoms. The van der Waals surface area contributed by atoms with Crippen molar-refractivity contribution in [3.05, 3.63) is 6.92 Å². The lowest BCUT2D eigenvalue weighted by atomic mass is 10.0. The van der Waals surface area contributed by atoms with Crippen molar-refractivity contribution in [1.29, 1.82) is 0 Å². The fourth-order valence-corrected chi connectivity index (χ4v) is 1.72. The summed E-state index contributed by atoms with van der Waals surface area (Å²) in [7, 11) is 0. The van der Waals surface area contributed by atoms with Crippen molar-refractivity contribution in [1.82, 2.24) is 4.90 Å². The van der Waals surface area contributed by atoms with E-state index < -0.39 is 0 Å². The number of hydrogen-bond acceptors (Lipinski definition) is 1. The van der Waals surface area contributed by atoms with Crippen molar-refractivity contribution in [2.75, 3.05) is 6.54 Å². The van der Waals surface area contributed by atoms with Crippen LogP contribution >= 0.6 is 0 Å². The van der Waals surface area contributed by atoms with Gasteiger partial charge in [0, 0.05) is 13.0 Å². The van der Waals surface area contributed by atoms with Crippen LogP contribution in [0.3, 0.4) is 0 Å². The van der Waals surface area contributed by atoms with Gasteiger partial charge in [0.25, 0.3) is 0 Å². The Hall–Kier alpha value is -0.530. The van der Waals surface area contributed by atoms with Gasteiger partial charge in [-0.2, -0.15) is 0 Å². The number of carbonyl (C=O) groups excluding carboxylic acids is 1. The molecule has 13 heavy (non-hydrogen) atoms. The van der Waals surface area contributed by atoms with E-state index >= 15 is 0 Å². The monoisotopic (exact) mass is 182 g/mol. The molecule has 1 aliphatic heterocycles. The molecule has 0 spiro atoms. The second kappa shape index (κ2) is 4.64. The first-order valence-corrected chi connectivity index (χ1v) is 5.27. The molecule has 0 saturated carbocycles. The summed E-state index contributed by atoms with van der Waals surface area (Å²) in [5.74, 6) is 0.812. The van der Waals surface area contributed by atoms with Gasteiger partial charge in [0.2, 0.25) is 5.91 Å². The van der Waals surface area contributed by atoms with Crippen LogP contribution in [0.25, 0.3) is 0 Å². The van der Waals surface area contributed by atoms with Crippen LogP contribution < -0.4 is 0 Å². The van der Waals surface area contributed by atoms with Gasteiger partial charge in [0.05, 0.1) is 0 Å². The molecular formula is C11H20NO-. The Morgan fingerprint density at radius 1 is 1.69 bits per heavy atom. The van der Waals surface area contributed by atoms with E-state index in [9.17, 15) is 4.79 Å². The summed E-state index contributed by atoms with van der Waals surface area (Å²) in [5.41, 5.74) is 0. The van der Waals surface area contributed by atoms with Crippen LogP contribution in [0.4, 0.5) is 0 Å². The van der Waals surface area contributed by atoms with E-state index in [0.29, 0.717) is 18.2 Å². The van der Waals surface area contributed by atoms with E-state index in [4.69, 9.17) is 0 Å². The van der Waals surface area contributed by atoms with E-state index in [0.717, 1.165) is 25.8 Å². The maximum atomic E-state index is 11.7. The number of rotatable bonds is 3. The normalized spacial score (nSPS) is 24.8. The summed E-state index contributed by atoms with van der Waals surface area (Å²) in [5, 5.41) is 0. The lowest BCUT2D eigenvalue weighted by Crippen LogP contribution is -2.34. The van der Waals surface area contributed by atoms with Crippen molar-refractivity contribution in [3.63, 3.8) is 0 Å². The van der Waals surface area contributed by atoms with Crippen LogP contribution in [-0.4, -0.2) is 23.4 Å². The van der Waals surface area contributed by atoms with Crippen molar-refractivity contribution in [2.24, 2.45) is 5.92 Å². The zero-order chi connectivity index (χ0) is 9.84. The largest absolute Gasteiger partial charge is 0.370 e. The van der Waals surface area contributed by atoms with E-state index in [1.54, 1.807) is 0 Å². The maximum absolute atomic E-state index is 11.7. The standard InChI is InChI=1S/C11H20NO/c1-4-9(2)8-11(13)12-7-5-6-10(12)3/h9-10H,3-8H2,1-2H3/q-1. The summed E-state index contributed by atoms with van der Waals surface area (Å²) >= 11 is 0. The third-order valence-corrected chi connectivity index (χ3v) is 2.92. The summed E-state index contributed by atoms with van der Waals surface area (Å²) in [6.45, 7) is 9.16. The SMILES string of the molecule is [CH2-]C1CCCN1C(=O)CC(C)CC. The Labute approximate surface area is 81.3 Å². The average Bonchev–Trinajstić information content (AvgIpc) is 2.51. The highest BCUT2D eigenvalue weighted by atomic mass is 16.2. The quantitative estimate of drug-likeness (QED) is 0.613. The molecule has 76 valence electrons. The fraction of sp³-hybridized carbons (Fsp3) is 0.818. The van der Waals surface area contributed by atoms with E-state index in [2.05, 4.69) is 20.8 Å². The van der Waals surface area contributed by atoms with Gasteiger partial charge in [-0.05, 0) is 12.3 Å². The molecule has 1 aliphatic rings. The second-order valence-corrected chi connectivity index (χ2v) is 4.10. The fourth-order valence-electron chi connectivity index (χ4n) is 1.72. The zero-order valence-electron chi connectivity index (χ0n) is 8.75. The van der Waals surface area contributed by atoms with E-state index in [-0.39, 0.29) is 6.04 Å². The Balaban J connectivity index is 2.38. The van der Waals surface area contributed by atoms with E-state index in [1.807, 2.05) is 4.90 Å². The van der Waals surface area contributed by atoms with Gasteiger partial charge in [-0.25, -0.2) is 0 Å². The van der Waals surface area contributed by atoms with Crippen LogP contribution in [-0.2, 0) is 4.79 Å². The molecule has 0 aromatic rings. The van der Waals surface area contributed by atoms with Crippen LogP contribution in [0.15, 0.2) is 0 Å². The Bertz CT molecular complexity index is 179. The van der Waals surface area contributed by atoms with E-state index in [1.165, 1.54) is 0 Å². The number of likely N-dealkylation sites (tertiary alicyclic amines) is 1. The summed E-state index contributed by atoms with van der Waals surface area (Å²) in [6, 6.07) is 0.233. The summed E-state index contributed by atoms with van der Waals surface area (Å²) in [4.78, 5) is 13.6. The molecule has 2 unspecified atom stereocenters. The molecule has 0 N–H and O–H groups in total. The third kappa shape index (κ3) is 2.71. The molecule has 1 heterocycles. The van der Waals surface area contributed by atoms with Gasteiger partial charge in [0.15, 0.2) is 0 Å². The highest BCUT2D eigenvalue weighted by molar-refractivity contribution is 5.77. The molecule has 0 aliphatic carbocycles. The molecule has 1 amide bonds. The van der Waals surface area contributed by atoms with Crippen molar-refractivity contribution < 1.29 is 4.79 Å². The first-order chi connectivity index (χ1) is 6.15. The van der Waals surface area contributed by atoms with Crippen LogP contribution in [0, 0.1) is 12.8 Å². The number of hydrogen-bond donors (Lipinski definition) is 0. The van der Waals surface area contributed by atoms with Crippen molar-refractivity contribution in [2.45, 2.75) is 45.6 Å². The smallest absolute Gasteiger partial charge is 0.220 e. The molecule has 2 heteroatoms. The highest BCUT2D eigenvalue weighted by Gasteiger charge is 2.21. The van der Waals surface area contributed by atoms with Crippen LogP contribution in [0.1, 0.15) is 39.5 Å². The molecule has 1 rings (SSSR count). The molecule has 0 radical (unpaired) electrons. The minimum absolute atomic E-state index is 0.233. The molecule has 2 nitrogen and oxygen atoms in total. The molecule has 0 aromatic heterocycles. The van der Waals surface area contributed by atoms with Gasteiger partial charge in [-0.1, -0.05) is 32.7 Å². The Morgan fingerprint density at radius 3 is 2.85 bits per heavy atom. The number of nitrogens with zero attached hydrogens (tertiary/aromatic N) is 1. The molecule has 1 fully saturated rings. The first-order valence-electron chi connectivity index (χ1n) is 5.27. The minimum Gasteiger partial charge on any atom is -0.370 e. The predicted molar refractivity (Wildman–Crippen MR) is 54.2 cm³/mol. The van der Waals surface area contributed by atoms with Crippen molar-refractivity contribution >= 4 is 5.91 Å². The number of amides is 1. The Morgan fingerprint density at radius 2 is 2.38 bits per heavy atom. The predicted octanol–water partition coefficient (Wildman–Crippen LogP) is 2.25. The molecular weight excluding hydrogens is 162 g/mol. The Kier molecular flexibility index (Phi) is 3.76. The summed E-state index contributed by atoms with van der Waals surface area (Å²) < 4.78 is 0. The van der Waals surface area contributed by atoms with Gasteiger partial charge in [-0.3, -0.25) is 4.79 Å². The van der Waals surface area contributed by atoms with Gasteiger partial charge in [0.1, 0.15) is 0 Å². The van der Waals surface area contributed by atoms with Gasteiger partial charge in [-0.15, -0.1) is 0 Å². The number of carbonyl (C=O) groups is 1. The minimum atomic E-state index is 0.233. The highest BCUT2D eigenvalue weighted by Crippen LogP contribution is 2.19. The molecule has 2 atom stereocenters. The van der Waals surface area contributed by atoms with Crippen LogP contribution in [0.5, 0.6) is 0 Å². The third-order valence-electron chi connectivity index (χ3n) is 2.92. The van der Waals surface area contributed by atoms with Crippen LogP contribution in [0.2, 0.25) is 0 Å². The zero-order valence-corrected chi connectivity index (χ0v) is 8.75. The molecule has 1 saturated heterocycles. The second-order valence-electron chi connectivity index (χ2n) is 4.10. The van der Waals surface area contributed by atoms with Gasteiger partial charge >= 0.3 is 0 Å². The molecule has 0 aromatic carbocycles. The topological polar surface area (TPSA) is 20.3 Å². The first kappa shape index (κ1) is 10.6. The van der Waals surface area contributed by atoms with Gasteiger partial charge < -0.3 is 11.8 Å².